The number of benzene rings is 1. The number of nitrogens with one attached hydrogen (secondary N) is 1. The Labute approximate surface area is 111 Å². The summed E-state index contributed by atoms with van der Waals surface area (Å²) in [4.78, 5) is 26.4. The van der Waals surface area contributed by atoms with Crippen LogP contribution in [0.1, 0.15) is 13.3 Å². The van der Waals surface area contributed by atoms with Gasteiger partial charge in [0.25, 0.3) is 0 Å². The van der Waals surface area contributed by atoms with E-state index in [2.05, 4.69) is 5.32 Å². The van der Waals surface area contributed by atoms with Crippen LogP contribution in [0.2, 0.25) is 0 Å². The van der Waals surface area contributed by atoms with Crippen LogP contribution < -0.4 is 5.32 Å². The topological polar surface area (TPSA) is 49.4 Å². The molecule has 96 valence electrons. The number of rotatable bonds is 3. The van der Waals surface area contributed by atoms with E-state index in [1.807, 2.05) is 31.2 Å². The number of hydrogen-bond acceptors (Lipinski definition) is 3. The average molecular weight is 264 g/mol. The maximum atomic E-state index is 11.9. The maximum absolute atomic E-state index is 11.9. The Kier molecular flexibility index (Phi) is 3.91. The van der Waals surface area contributed by atoms with Crippen LogP contribution in [0.3, 0.4) is 0 Å². The van der Waals surface area contributed by atoms with Crippen LogP contribution in [0.15, 0.2) is 29.2 Å². The predicted molar refractivity (Wildman–Crippen MR) is 72.6 cm³/mol. The highest BCUT2D eigenvalue weighted by Crippen LogP contribution is 2.36. The van der Waals surface area contributed by atoms with Gasteiger partial charge in [-0.15, -0.1) is 11.8 Å². The Morgan fingerprint density at radius 3 is 2.89 bits per heavy atom. The van der Waals surface area contributed by atoms with Crippen LogP contribution in [0.5, 0.6) is 0 Å². The largest absolute Gasteiger partial charge is 0.346 e. The second-order valence-corrected chi connectivity index (χ2v) is 5.45. The number of carbonyl (C=O) groups excluding carboxylic acids is 2. The van der Waals surface area contributed by atoms with Gasteiger partial charge in [-0.1, -0.05) is 12.1 Å². The van der Waals surface area contributed by atoms with Crippen LogP contribution in [0.25, 0.3) is 0 Å². The molecule has 1 unspecified atom stereocenters. The third-order valence-electron chi connectivity index (χ3n) is 2.97. The minimum absolute atomic E-state index is 0.00420. The molecule has 0 fully saturated rings. The van der Waals surface area contributed by atoms with Crippen molar-refractivity contribution in [1.82, 2.24) is 4.90 Å². The molecule has 5 heteroatoms. The van der Waals surface area contributed by atoms with Crippen LogP contribution >= 0.6 is 11.8 Å². The fourth-order valence-electron chi connectivity index (χ4n) is 1.72. The smallest absolute Gasteiger partial charge is 0.238 e. The molecule has 0 saturated heterocycles. The van der Waals surface area contributed by atoms with Gasteiger partial charge in [-0.3, -0.25) is 9.59 Å². The van der Waals surface area contributed by atoms with Gasteiger partial charge in [-0.05, 0) is 19.1 Å². The molecule has 0 spiro atoms. The second kappa shape index (κ2) is 5.44. The van der Waals surface area contributed by atoms with Crippen molar-refractivity contribution in [2.45, 2.75) is 23.5 Å². The van der Waals surface area contributed by atoms with E-state index in [1.165, 1.54) is 11.8 Å². The summed E-state index contributed by atoms with van der Waals surface area (Å²) in [7, 11) is 1.75. The van der Waals surface area contributed by atoms with Crippen LogP contribution in [-0.4, -0.2) is 35.6 Å². The lowest BCUT2D eigenvalue weighted by atomic mass is 10.2. The van der Waals surface area contributed by atoms with Crippen LogP contribution in [0.4, 0.5) is 5.69 Å². The lowest BCUT2D eigenvalue weighted by Gasteiger charge is -2.25. The van der Waals surface area contributed by atoms with E-state index in [-0.39, 0.29) is 23.5 Å². The zero-order valence-electron chi connectivity index (χ0n) is 10.5. The highest BCUT2D eigenvalue weighted by molar-refractivity contribution is 8.01. The molecule has 2 rings (SSSR count). The van der Waals surface area contributed by atoms with Crippen molar-refractivity contribution >= 4 is 29.3 Å². The standard InChI is InChI=1S/C13H16N2O2S/c1-3-15(2)12(16)8-11-13(17)14-9-6-4-5-7-10(9)18-11/h4-7,11H,3,8H2,1-2H3,(H,14,17). The van der Waals surface area contributed by atoms with E-state index in [0.717, 1.165) is 10.6 Å². The van der Waals surface area contributed by atoms with E-state index in [0.29, 0.717) is 6.54 Å². The van der Waals surface area contributed by atoms with Gasteiger partial charge < -0.3 is 10.2 Å². The molecular formula is C13H16N2O2S. The van der Waals surface area contributed by atoms with Crippen molar-refractivity contribution in [2.75, 3.05) is 18.9 Å². The number of hydrogen-bond donors (Lipinski definition) is 1. The zero-order valence-corrected chi connectivity index (χ0v) is 11.3. The highest BCUT2D eigenvalue weighted by atomic mass is 32.2. The van der Waals surface area contributed by atoms with Gasteiger partial charge in [-0.2, -0.15) is 0 Å². The Bertz CT molecular complexity index is 476. The normalized spacial score (nSPS) is 17.9. The van der Waals surface area contributed by atoms with E-state index in [4.69, 9.17) is 0 Å². The number of anilines is 1. The second-order valence-electron chi connectivity index (χ2n) is 4.20. The van der Waals surface area contributed by atoms with Gasteiger partial charge >= 0.3 is 0 Å². The minimum atomic E-state index is -0.332. The molecule has 0 aliphatic carbocycles. The van der Waals surface area contributed by atoms with Crippen molar-refractivity contribution < 1.29 is 9.59 Å². The van der Waals surface area contributed by atoms with Crippen molar-refractivity contribution in [1.29, 1.82) is 0 Å². The molecule has 0 aromatic heterocycles. The van der Waals surface area contributed by atoms with Gasteiger partial charge in [-0.25, -0.2) is 0 Å². The first-order valence-corrected chi connectivity index (χ1v) is 6.80. The molecule has 1 aromatic rings. The van der Waals surface area contributed by atoms with Crippen molar-refractivity contribution in [3.05, 3.63) is 24.3 Å². The summed E-state index contributed by atoms with van der Waals surface area (Å²) in [6.07, 6.45) is 0.245. The molecule has 1 N–H and O–H groups in total. The molecule has 18 heavy (non-hydrogen) atoms. The average Bonchev–Trinajstić information content (AvgIpc) is 2.38. The van der Waals surface area contributed by atoms with Gasteiger partial charge in [0.1, 0.15) is 0 Å². The molecule has 1 atom stereocenters. The summed E-state index contributed by atoms with van der Waals surface area (Å²) < 4.78 is 0. The lowest BCUT2D eigenvalue weighted by molar-refractivity contribution is -0.131. The van der Waals surface area contributed by atoms with Gasteiger partial charge in [0.05, 0.1) is 10.9 Å². The number of para-hydroxylation sites is 1. The Morgan fingerprint density at radius 1 is 1.44 bits per heavy atom. The van der Waals surface area contributed by atoms with E-state index >= 15 is 0 Å². The number of nitrogens with zero attached hydrogens (tertiary/aromatic N) is 1. The molecule has 2 amide bonds. The Balaban J connectivity index is 2.08. The van der Waals surface area contributed by atoms with Crippen LogP contribution in [-0.2, 0) is 9.59 Å². The van der Waals surface area contributed by atoms with Crippen molar-refractivity contribution in [2.24, 2.45) is 0 Å². The number of carbonyl (C=O) groups is 2. The van der Waals surface area contributed by atoms with E-state index < -0.39 is 0 Å². The summed E-state index contributed by atoms with van der Waals surface area (Å²) in [6.45, 7) is 2.58. The maximum Gasteiger partial charge on any atom is 0.238 e. The number of thioether (sulfide) groups is 1. The van der Waals surface area contributed by atoms with Crippen molar-refractivity contribution in [3.8, 4) is 0 Å². The lowest BCUT2D eigenvalue weighted by Crippen LogP contribution is -2.35. The fourth-order valence-corrected chi connectivity index (χ4v) is 2.82. The molecule has 0 saturated carbocycles. The molecule has 1 heterocycles. The summed E-state index contributed by atoms with van der Waals surface area (Å²) in [5.74, 6) is -0.0823. The zero-order chi connectivity index (χ0) is 13.1. The SMILES string of the molecule is CCN(C)C(=O)CC1Sc2ccccc2NC1=O. The molecular weight excluding hydrogens is 248 g/mol. The van der Waals surface area contributed by atoms with Gasteiger partial charge in [0.2, 0.25) is 11.8 Å². The third-order valence-corrected chi connectivity index (χ3v) is 4.24. The molecule has 0 bridgehead atoms. The summed E-state index contributed by atoms with van der Waals surface area (Å²) >= 11 is 1.46. The number of amides is 2. The Hall–Kier alpha value is -1.49. The molecule has 1 aliphatic rings. The first-order chi connectivity index (χ1) is 8.61. The molecule has 0 radical (unpaired) electrons. The number of fused-ring (bicyclic) bond motifs is 1. The van der Waals surface area contributed by atoms with Gasteiger partial charge in [0, 0.05) is 24.9 Å². The van der Waals surface area contributed by atoms with E-state index in [9.17, 15) is 9.59 Å². The predicted octanol–water partition coefficient (Wildman–Crippen LogP) is 1.97. The fraction of sp³-hybridized carbons (Fsp3) is 0.385. The van der Waals surface area contributed by atoms with E-state index in [1.54, 1.807) is 11.9 Å². The summed E-state index contributed by atoms with van der Waals surface area (Å²) in [6, 6.07) is 7.65. The summed E-state index contributed by atoms with van der Waals surface area (Å²) in [5.41, 5.74) is 0.833. The molecule has 1 aromatic carbocycles. The summed E-state index contributed by atoms with van der Waals surface area (Å²) in [5, 5.41) is 2.51. The quantitative estimate of drug-likeness (QED) is 0.908. The monoisotopic (exact) mass is 264 g/mol. The Morgan fingerprint density at radius 2 is 2.17 bits per heavy atom. The third kappa shape index (κ3) is 2.67. The highest BCUT2D eigenvalue weighted by Gasteiger charge is 2.29. The first kappa shape index (κ1) is 13.0. The minimum Gasteiger partial charge on any atom is -0.346 e. The molecule has 4 nitrogen and oxygen atoms in total. The first-order valence-electron chi connectivity index (χ1n) is 5.92. The molecule has 1 aliphatic heterocycles. The van der Waals surface area contributed by atoms with Crippen LogP contribution in [0, 0.1) is 0 Å². The van der Waals surface area contributed by atoms with Gasteiger partial charge in [0.15, 0.2) is 0 Å². The van der Waals surface area contributed by atoms with Crippen molar-refractivity contribution in [3.63, 3.8) is 0 Å².